The van der Waals surface area contributed by atoms with Gasteiger partial charge in [0.15, 0.2) is 6.61 Å². The summed E-state index contributed by atoms with van der Waals surface area (Å²) in [6, 6.07) is 23.9. The summed E-state index contributed by atoms with van der Waals surface area (Å²) in [7, 11) is 0. The lowest BCUT2D eigenvalue weighted by Crippen LogP contribution is -2.13. The number of amides is 1. The van der Waals surface area contributed by atoms with Crippen LogP contribution in [0.5, 0.6) is 5.75 Å². The molecule has 1 aromatic heterocycles. The van der Waals surface area contributed by atoms with Gasteiger partial charge >= 0.3 is 0 Å². The topological polar surface area (TPSA) is 77.2 Å². The minimum Gasteiger partial charge on any atom is -0.483 e. The van der Waals surface area contributed by atoms with Gasteiger partial charge in [0, 0.05) is 15.7 Å². The maximum absolute atomic E-state index is 12.6. The van der Waals surface area contributed by atoms with Crippen LogP contribution >= 0.6 is 15.9 Å². The predicted molar refractivity (Wildman–Crippen MR) is 113 cm³/mol. The van der Waals surface area contributed by atoms with Crippen molar-refractivity contribution in [2.45, 2.75) is 6.61 Å². The number of para-hydroxylation sites is 2. The van der Waals surface area contributed by atoms with Crippen LogP contribution in [0, 0.1) is 0 Å². The highest BCUT2D eigenvalue weighted by Gasteiger charge is 2.14. The molecule has 0 aliphatic rings. The van der Waals surface area contributed by atoms with Gasteiger partial charge in [-0.25, -0.2) is 0 Å². The molecular formula is C22H16BrN3O3. The summed E-state index contributed by atoms with van der Waals surface area (Å²) in [4.78, 5) is 17.0. The lowest BCUT2D eigenvalue weighted by molar-refractivity contribution is 0.102. The predicted octanol–water partition coefficient (Wildman–Crippen LogP) is 5.33. The van der Waals surface area contributed by atoms with Crippen LogP contribution in [0.4, 0.5) is 5.69 Å². The molecule has 4 rings (SSSR count). The van der Waals surface area contributed by atoms with Gasteiger partial charge in [-0.3, -0.25) is 4.79 Å². The molecule has 7 heteroatoms. The molecule has 0 radical (unpaired) electrons. The second-order valence-electron chi connectivity index (χ2n) is 6.13. The van der Waals surface area contributed by atoms with Crippen molar-refractivity contribution < 1.29 is 14.1 Å². The number of hydrogen-bond acceptors (Lipinski definition) is 5. The minimum atomic E-state index is -0.257. The van der Waals surface area contributed by atoms with Crippen LogP contribution in [0.2, 0.25) is 0 Å². The Balaban J connectivity index is 1.46. The van der Waals surface area contributed by atoms with Crippen molar-refractivity contribution in [3.63, 3.8) is 0 Å². The quantitative estimate of drug-likeness (QED) is 0.430. The van der Waals surface area contributed by atoms with Crippen molar-refractivity contribution in [2.75, 3.05) is 5.32 Å². The zero-order valence-electron chi connectivity index (χ0n) is 15.2. The highest BCUT2D eigenvalue weighted by molar-refractivity contribution is 9.10. The van der Waals surface area contributed by atoms with Gasteiger partial charge in [0.1, 0.15) is 5.75 Å². The maximum atomic E-state index is 12.6. The molecule has 0 aliphatic carbocycles. The van der Waals surface area contributed by atoms with Crippen LogP contribution in [-0.2, 0) is 6.61 Å². The van der Waals surface area contributed by atoms with Gasteiger partial charge in [0.05, 0.1) is 5.56 Å². The Morgan fingerprint density at radius 3 is 2.62 bits per heavy atom. The Hall–Kier alpha value is -3.45. The molecule has 0 saturated heterocycles. The third kappa shape index (κ3) is 4.70. The number of carbonyl (C=O) groups excluding carboxylic acids is 1. The third-order valence-electron chi connectivity index (χ3n) is 4.07. The van der Waals surface area contributed by atoms with Crippen molar-refractivity contribution in [2.24, 2.45) is 0 Å². The fraction of sp³-hybridized carbons (Fsp3) is 0.0455. The molecule has 0 bridgehead atoms. The second kappa shape index (κ2) is 8.70. The van der Waals surface area contributed by atoms with E-state index in [9.17, 15) is 4.79 Å². The first-order chi connectivity index (χ1) is 14.2. The number of ether oxygens (including phenoxy) is 1. The van der Waals surface area contributed by atoms with Gasteiger partial charge in [0.2, 0.25) is 5.82 Å². The Morgan fingerprint density at radius 2 is 1.79 bits per heavy atom. The molecule has 0 aliphatic heterocycles. The summed E-state index contributed by atoms with van der Waals surface area (Å²) in [6.07, 6.45) is 0. The van der Waals surface area contributed by atoms with E-state index in [0.29, 0.717) is 28.7 Å². The number of benzene rings is 3. The fourth-order valence-corrected chi connectivity index (χ4v) is 3.10. The minimum absolute atomic E-state index is 0.0522. The summed E-state index contributed by atoms with van der Waals surface area (Å²) in [5.41, 5.74) is 1.96. The van der Waals surface area contributed by atoms with Crippen molar-refractivity contribution in [3.05, 3.63) is 94.8 Å². The molecule has 29 heavy (non-hydrogen) atoms. The number of hydrogen-bond donors (Lipinski definition) is 1. The van der Waals surface area contributed by atoms with E-state index in [4.69, 9.17) is 9.26 Å². The Bertz CT molecular complexity index is 1130. The van der Waals surface area contributed by atoms with E-state index in [1.807, 2.05) is 54.6 Å². The molecule has 1 amide bonds. The lowest BCUT2D eigenvalue weighted by atomic mass is 10.2. The van der Waals surface area contributed by atoms with Gasteiger partial charge in [-0.1, -0.05) is 63.6 Å². The van der Waals surface area contributed by atoms with Crippen LogP contribution in [0.25, 0.3) is 11.4 Å². The molecule has 0 saturated carbocycles. The number of nitrogens with one attached hydrogen (secondary N) is 1. The molecule has 4 aromatic rings. The van der Waals surface area contributed by atoms with Crippen LogP contribution in [-0.4, -0.2) is 16.0 Å². The SMILES string of the molecule is O=C(Nc1ccccc1)c1ccccc1OCc1nc(-c2cccc(Br)c2)no1. The molecular weight excluding hydrogens is 434 g/mol. The van der Waals surface area contributed by atoms with Crippen molar-refractivity contribution >= 4 is 27.5 Å². The Morgan fingerprint density at radius 1 is 1.00 bits per heavy atom. The van der Waals surface area contributed by atoms with Gasteiger partial charge in [-0.05, 0) is 36.4 Å². The Labute approximate surface area is 175 Å². The smallest absolute Gasteiger partial charge is 0.264 e. The van der Waals surface area contributed by atoms with Gasteiger partial charge in [-0.2, -0.15) is 4.98 Å². The number of carbonyl (C=O) groups is 1. The first-order valence-corrected chi connectivity index (χ1v) is 9.65. The third-order valence-corrected chi connectivity index (χ3v) is 4.56. The first kappa shape index (κ1) is 18.9. The maximum Gasteiger partial charge on any atom is 0.264 e. The van der Waals surface area contributed by atoms with Crippen molar-refractivity contribution in [1.29, 1.82) is 0 Å². The summed E-state index contributed by atoms with van der Waals surface area (Å²) >= 11 is 3.42. The molecule has 144 valence electrons. The normalized spacial score (nSPS) is 10.5. The molecule has 0 unspecified atom stereocenters. The fourth-order valence-electron chi connectivity index (χ4n) is 2.70. The van der Waals surface area contributed by atoms with E-state index in [0.717, 1.165) is 10.0 Å². The highest BCUT2D eigenvalue weighted by Crippen LogP contribution is 2.23. The van der Waals surface area contributed by atoms with Crippen LogP contribution in [0.1, 0.15) is 16.2 Å². The molecule has 0 spiro atoms. The summed E-state index contributed by atoms with van der Waals surface area (Å²) in [6.45, 7) is 0.0522. The zero-order chi connectivity index (χ0) is 20.1. The molecule has 1 N–H and O–H groups in total. The van der Waals surface area contributed by atoms with E-state index >= 15 is 0 Å². The number of halogens is 1. The summed E-state index contributed by atoms with van der Waals surface area (Å²) < 4.78 is 12.0. The standard InChI is InChI=1S/C22H16BrN3O3/c23-16-8-6-7-15(13-16)21-25-20(29-26-21)14-28-19-12-5-4-11-18(19)22(27)24-17-9-2-1-3-10-17/h1-13H,14H2,(H,24,27). The van der Waals surface area contributed by atoms with E-state index in [1.165, 1.54) is 0 Å². The van der Waals surface area contributed by atoms with Gasteiger partial charge in [0.25, 0.3) is 11.8 Å². The molecule has 6 nitrogen and oxygen atoms in total. The number of rotatable bonds is 6. The summed E-state index contributed by atoms with van der Waals surface area (Å²) in [5.74, 6) is 0.966. The van der Waals surface area contributed by atoms with Crippen molar-refractivity contribution in [1.82, 2.24) is 10.1 Å². The summed E-state index contributed by atoms with van der Waals surface area (Å²) in [5, 5.41) is 6.84. The van der Waals surface area contributed by atoms with Gasteiger partial charge < -0.3 is 14.6 Å². The van der Waals surface area contributed by atoms with E-state index in [1.54, 1.807) is 24.3 Å². The average molecular weight is 450 g/mol. The number of aromatic nitrogens is 2. The van der Waals surface area contributed by atoms with Crippen LogP contribution in [0.15, 0.2) is 87.9 Å². The Kier molecular flexibility index (Phi) is 5.67. The lowest BCUT2D eigenvalue weighted by Gasteiger charge is -2.10. The van der Waals surface area contributed by atoms with Crippen LogP contribution in [0.3, 0.4) is 0 Å². The number of anilines is 1. The van der Waals surface area contributed by atoms with Crippen LogP contribution < -0.4 is 10.1 Å². The largest absolute Gasteiger partial charge is 0.483 e. The highest BCUT2D eigenvalue weighted by atomic mass is 79.9. The van der Waals surface area contributed by atoms with Crippen molar-refractivity contribution in [3.8, 4) is 17.1 Å². The monoisotopic (exact) mass is 449 g/mol. The molecule has 3 aromatic carbocycles. The average Bonchev–Trinajstić information content (AvgIpc) is 3.22. The van der Waals surface area contributed by atoms with E-state index < -0.39 is 0 Å². The molecule has 0 atom stereocenters. The van der Waals surface area contributed by atoms with E-state index in [-0.39, 0.29) is 12.5 Å². The first-order valence-electron chi connectivity index (χ1n) is 8.86. The zero-order valence-corrected chi connectivity index (χ0v) is 16.8. The second-order valence-corrected chi connectivity index (χ2v) is 7.04. The molecule has 1 heterocycles. The van der Waals surface area contributed by atoms with Gasteiger partial charge in [-0.15, -0.1) is 0 Å². The molecule has 0 fully saturated rings. The number of nitrogens with zero attached hydrogens (tertiary/aromatic N) is 2. The van der Waals surface area contributed by atoms with E-state index in [2.05, 4.69) is 31.4 Å².